The molecule has 1 fully saturated rings. The summed E-state index contributed by atoms with van der Waals surface area (Å²) in [4.78, 5) is 49.3. The topological polar surface area (TPSA) is 114 Å². The normalized spacial score (nSPS) is 17.4. The van der Waals surface area contributed by atoms with Crippen LogP contribution in [0.2, 0.25) is 0 Å². The zero-order valence-corrected chi connectivity index (χ0v) is 28.3. The zero-order chi connectivity index (χ0) is 34.6. The molecular formula is C39H46O9. The Morgan fingerprint density at radius 1 is 0.750 bits per heavy atom. The molecule has 256 valence electrons. The van der Waals surface area contributed by atoms with E-state index in [0.717, 1.165) is 49.3 Å². The number of esters is 3. The molecule has 0 aromatic heterocycles. The van der Waals surface area contributed by atoms with Crippen molar-refractivity contribution in [2.75, 3.05) is 13.2 Å². The first kappa shape index (κ1) is 36.2. The molecule has 0 radical (unpaired) electrons. The van der Waals surface area contributed by atoms with E-state index in [1.165, 1.54) is 24.3 Å². The largest absolute Gasteiger partial charge is 0.513 e. The van der Waals surface area contributed by atoms with Gasteiger partial charge in [0.2, 0.25) is 0 Å². The van der Waals surface area contributed by atoms with E-state index in [1.807, 2.05) is 6.07 Å². The monoisotopic (exact) mass is 658 g/mol. The van der Waals surface area contributed by atoms with Crippen molar-refractivity contribution in [1.29, 1.82) is 0 Å². The molecule has 0 aliphatic heterocycles. The molecule has 1 aliphatic rings. The van der Waals surface area contributed by atoms with Crippen molar-refractivity contribution in [2.24, 2.45) is 17.8 Å². The fraction of sp³-hybridized carbons (Fsp3) is 0.436. The predicted molar refractivity (Wildman–Crippen MR) is 182 cm³/mol. The van der Waals surface area contributed by atoms with Crippen LogP contribution in [0.5, 0.6) is 11.5 Å². The molecule has 3 atom stereocenters. The smallest absolute Gasteiger partial charge is 0.462 e. The molecule has 1 aliphatic carbocycles. The van der Waals surface area contributed by atoms with E-state index in [0.29, 0.717) is 47.5 Å². The lowest BCUT2D eigenvalue weighted by Crippen LogP contribution is -2.35. The van der Waals surface area contributed by atoms with Crippen LogP contribution >= 0.6 is 0 Å². The summed E-state index contributed by atoms with van der Waals surface area (Å²) in [5.74, 6) is 0.622. The second-order valence-electron chi connectivity index (χ2n) is 12.9. The Hall–Kier alpha value is -4.66. The van der Waals surface area contributed by atoms with Crippen molar-refractivity contribution >= 4 is 34.8 Å². The maximum atomic E-state index is 13.1. The Morgan fingerprint density at radius 2 is 1.31 bits per heavy atom. The van der Waals surface area contributed by atoms with Crippen LogP contribution in [0.25, 0.3) is 10.8 Å². The Bertz CT molecular complexity index is 1590. The maximum absolute atomic E-state index is 13.1. The standard InChI is InChI=1S/C39H46O9/c1-25(2)34-19-10-27(5)22-35(34)48-38(42)31-14-12-28-23-30(13-11-29(28)24-31)37(41)46-32-15-17-33(18-16-32)47-39(43)45-21-9-7-6-8-20-44-36(40)26(3)4/h11-18,23-25,27,34-35H,3,6-10,19-22H2,1-2,4-5H3. The van der Waals surface area contributed by atoms with Crippen LogP contribution in [0, 0.1) is 17.8 Å². The number of unbranched alkanes of at least 4 members (excludes halogenated alkanes) is 3. The summed E-state index contributed by atoms with van der Waals surface area (Å²) in [5, 5.41) is 1.60. The minimum absolute atomic E-state index is 0.0802. The molecule has 0 spiro atoms. The van der Waals surface area contributed by atoms with Crippen LogP contribution in [0.15, 0.2) is 72.8 Å². The van der Waals surface area contributed by atoms with Gasteiger partial charge in [-0.25, -0.2) is 19.2 Å². The zero-order valence-electron chi connectivity index (χ0n) is 28.3. The fourth-order valence-electron chi connectivity index (χ4n) is 5.82. The Kier molecular flexibility index (Phi) is 13.2. The summed E-state index contributed by atoms with van der Waals surface area (Å²) in [6.45, 7) is 12.3. The van der Waals surface area contributed by atoms with E-state index in [4.69, 9.17) is 23.7 Å². The summed E-state index contributed by atoms with van der Waals surface area (Å²) >= 11 is 0. The Balaban J connectivity index is 1.21. The molecule has 1 saturated carbocycles. The van der Waals surface area contributed by atoms with Gasteiger partial charge in [-0.1, -0.05) is 45.9 Å². The number of hydrogen-bond acceptors (Lipinski definition) is 9. The van der Waals surface area contributed by atoms with Gasteiger partial charge in [0.15, 0.2) is 0 Å². The molecule has 3 unspecified atom stereocenters. The number of ether oxygens (including phenoxy) is 5. The van der Waals surface area contributed by atoms with Crippen molar-refractivity contribution in [1.82, 2.24) is 0 Å². The van der Waals surface area contributed by atoms with E-state index < -0.39 is 18.1 Å². The SMILES string of the molecule is C=C(C)C(=O)OCCCCCCOC(=O)Oc1ccc(OC(=O)c2ccc3cc(C(=O)OC4CC(C)CCC4C(C)C)ccc3c2)cc1. The highest BCUT2D eigenvalue weighted by Gasteiger charge is 2.33. The van der Waals surface area contributed by atoms with Crippen molar-refractivity contribution in [3.8, 4) is 11.5 Å². The molecule has 3 aromatic carbocycles. The third kappa shape index (κ3) is 10.7. The highest BCUT2D eigenvalue weighted by molar-refractivity contribution is 5.99. The lowest BCUT2D eigenvalue weighted by atomic mass is 9.75. The third-order valence-electron chi connectivity index (χ3n) is 8.61. The van der Waals surface area contributed by atoms with Crippen LogP contribution in [0.1, 0.15) is 93.4 Å². The van der Waals surface area contributed by atoms with Crippen LogP contribution in [-0.2, 0) is 19.0 Å². The lowest BCUT2D eigenvalue weighted by molar-refractivity contribution is -0.139. The number of carbonyl (C=O) groups excluding carboxylic acids is 4. The molecule has 0 heterocycles. The van der Waals surface area contributed by atoms with Gasteiger partial charge in [0.1, 0.15) is 17.6 Å². The van der Waals surface area contributed by atoms with Gasteiger partial charge in [0, 0.05) is 5.57 Å². The van der Waals surface area contributed by atoms with Gasteiger partial charge < -0.3 is 23.7 Å². The Labute approximate surface area is 282 Å². The lowest BCUT2D eigenvalue weighted by Gasteiger charge is -2.36. The van der Waals surface area contributed by atoms with Gasteiger partial charge in [-0.15, -0.1) is 0 Å². The third-order valence-corrected chi connectivity index (χ3v) is 8.61. The van der Waals surface area contributed by atoms with Crippen molar-refractivity contribution in [2.45, 2.75) is 78.7 Å². The Morgan fingerprint density at radius 3 is 1.90 bits per heavy atom. The molecule has 0 N–H and O–H groups in total. The van der Waals surface area contributed by atoms with Gasteiger partial charge in [0.05, 0.1) is 24.3 Å². The number of benzene rings is 3. The second kappa shape index (κ2) is 17.5. The first-order valence-electron chi connectivity index (χ1n) is 16.7. The van der Waals surface area contributed by atoms with Crippen LogP contribution in [0.4, 0.5) is 4.79 Å². The molecule has 0 bridgehead atoms. The number of hydrogen-bond donors (Lipinski definition) is 0. The number of carbonyl (C=O) groups is 4. The molecule has 0 amide bonds. The number of rotatable bonds is 14. The first-order chi connectivity index (χ1) is 23.0. The van der Waals surface area contributed by atoms with Crippen molar-refractivity contribution in [3.05, 3.63) is 83.9 Å². The van der Waals surface area contributed by atoms with Crippen LogP contribution < -0.4 is 9.47 Å². The highest BCUT2D eigenvalue weighted by Crippen LogP contribution is 2.36. The average molecular weight is 659 g/mol. The van der Waals surface area contributed by atoms with Gasteiger partial charge >= 0.3 is 24.1 Å². The van der Waals surface area contributed by atoms with Crippen LogP contribution in [0.3, 0.4) is 0 Å². The first-order valence-corrected chi connectivity index (χ1v) is 16.7. The molecule has 4 rings (SSSR count). The van der Waals surface area contributed by atoms with Crippen molar-refractivity contribution in [3.63, 3.8) is 0 Å². The van der Waals surface area contributed by atoms with Gasteiger partial charge in [0.25, 0.3) is 0 Å². The van der Waals surface area contributed by atoms with E-state index in [1.54, 1.807) is 37.3 Å². The van der Waals surface area contributed by atoms with Gasteiger partial charge in [-0.2, -0.15) is 0 Å². The molecule has 48 heavy (non-hydrogen) atoms. The highest BCUT2D eigenvalue weighted by atomic mass is 16.7. The minimum Gasteiger partial charge on any atom is -0.462 e. The maximum Gasteiger partial charge on any atom is 0.513 e. The summed E-state index contributed by atoms with van der Waals surface area (Å²) in [5.41, 5.74) is 1.21. The summed E-state index contributed by atoms with van der Waals surface area (Å²) in [6, 6.07) is 16.6. The average Bonchev–Trinajstić information content (AvgIpc) is 3.06. The van der Waals surface area contributed by atoms with E-state index in [2.05, 4.69) is 27.4 Å². The fourth-order valence-corrected chi connectivity index (χ4v) is 5.82. The quantitative estimate of drug-likeness (QED) is 0.0418. The van der Waals surface area contributed by atoms with Crippen molar-refractivity contribution < 1.29 is 42.9 Å². The summed E-state index contributed by atoms with van der Waals surface area (Å²) < 4.78 is 26.9. The molecule has 9 heteroatoms. The summed E-state index contributed by atoms with van der Waals surface area (Å²) in [6.07, 6.45) is 5.23. The van der Waals surface area contributed by atoms with E-state index in [-0.39, 0.29) is 30.2 Å². The molecule has 3 aromatic rings. The van der Waals surface area contributed by atoms with Gasteiger partial charge in [-0.3, -0.25) is 0 Å². The van der Waals surface area contributed by atoms with Gasteiger partial charge in [-0.05, 0) is 123 Å². The summed E-state index contributed by atoms with van der Waals surface area (Å²) in [7, 11) is 0. The predicted octanol–water partition coefficient (Wildman–Crippen LogP) is 8.87. The number of fused-ring (bicyclic) bond motifs is 1. The molecular weight excluding hydrogens is 612 g/mol. The van der Waals surface area contributed by atoms with Crippen LogP contribution in [-0.4, -0.2) is 43.4 Å². The molecule has 0 saturated heterocycles. The minimum atomic E-state index is -0.828. The second-order valence-corrected chi connectivity index (χ2v) is 12.9. The van der Waals surface area contributed by atoms with E-state index in [9.17, 15) is 19.2 Å². The van der Waals surface area contributed by atoms with E-state index >= 15 is 0 Å². The molecule has 9 nitrogen and oxygen atoms in total.